The molecule has 1 fully saturated rings. The monoisotopic (exact) mass is 267 g/mol. The first-order chi connectivity index (χ1) is 9.06. The van der Waals surface area contributed by atoms with Gasteiger partial charge in [0.1, 0.15) is 24.3 Å². The second-order valence-corrected chi connectivity index (χ2v) is 5.30. The van der Waals surface area contributed by atoms with Crippen LogP contribution in [0.1, 0.15) is 19.4 Å². The summed E-state index contributed by atoms with van der Waals surface area (Å²) in [5.41, 5.74) is 0.632. The molecule has 1 atom stereocenters. The molecule has 1 aliphatic heterocycles. The lowest BCUT2D eigenvalue weighted by molar-refractivity contribution is -0.0564. The SMILES string of the molecule is Cc1ccc(OCC2CN(C(C)C)CCO2)cc1F. The zero-order valence-electron chi connectivity index (χ0n) is 11.9. The molecule has 0 bridgehead atoms. The summed E-state index contributed by atoms with van der Waals surface area (Å²) in [5, 5.41) is 0. The standard InChI is InChI=1S/C15H22FNO2/c1-11(2)17-6-7-18-14(9-17)10-19-13-5-4-12(3)15(16)8-13/h4-5,8,11,14H,6-7,9-10H2,1-3H3. The summed E-state index contributed by atoms with van der Waals surface area (Å²) < 4.78 is 24.7. The highest BCUT2D eigenvalue weighted by atomic mass is 19.1. The Labute approximate surface area is 114 Å². The Morgan fingerprint density at radius 2 is 2.26 bits per heavy atom. The Bertz CT molecular complexity index is 423. The molecule has 0 aliphatic carbocycles. The maximum Gasteiger partial charge on any atom is 0.129 e. The third-order valence-electron chi connectivity index (χ3n) is 3.48. The summed E-state index contributed by atoms with van der Waals surface area (Å²) in [6.45, 7) is 9.13. The van der Waals surface area contributed by atoms with E-state index in [2.05, 4.69) is 18.7 Å². The molecule has 19 heavy (non-hydrogen) atoms. The summed E-state index contributed by atoms with van der Waals surface area (Å²) in [6.07, 6.45) is 0.0560. The average molecular weight is 267 g/mol. The normalized spacial score (nSPS) is 20.8. The molecule has 1 aliphatic rings. The molecule has 1 aromatic rings. The number of nitrogens with zero attached hydrogens (tertiary/aromatic N) is 1. The van der Waals surface area contributed by atoms with Crippen LogP contribution in [0, 0.1) is 12.7 Å². The highest BCUT2D eigenvalue weighted by Gasteiger charge is 2.22. The average Bonchev–Trinajstić information content (AvgIpc) is 2.40. The van der Waals surface area contributed by atoms with Crippen LogP contribution in [-0.4, -0.2) is 43.3 Å². The van der Waals surface area contributed by atoms with E-state index < -0.39 is 0 Å². The first kappa shape index (κ1) is 14.3. The Hall–Kier alpha value is -1.13. The van der Waals surface area contributed by atoms with Gasteiger partial charge in [-0.1, -0.05) is 6.07 Å². The number of hydrogen-bond acceptors (Lipinski definition) is 3. The van der Waals surface area contributed by atoms with Crippen molar-refractivity contribution < 1.29 is 13.9 Å². The molecule has 0 radical (unpaired) electrons. The fraction of sp³-hybridized carbons (Fsp3) is 0.600. The molecule has 3 nitrogen and oxygen atoms in total. The van der Waals surface area contributed by atoms with E-state index in [4.69, 9.17) is 9.47 Å². The Kier molecular flexibility index (Phi) is 4.77. The lowest BCUT2D eigenvalue weighted by atomic mass is 10.2. The van der Waals surface area contributed by atoms with Crippen LogP contribution >= 0.6 is 0 Å². The number of benzene rings is 1. The molecule has 1 unspecified atom stereocenters. The minimum Gasteiger partial charge on any atom is -0.491 e. The largest absolute Gasteiger partial charge is 0.491 e. The lowest BCUT2D eigenvalue weighted by Gasteiger charge is -2.35. The summed E-state index contributed by atoms with van der Waals surface area (Å²) in [6, 6.07) is 5.47. The van der Waals surface area contributed by atoms with Gasteiger partial charge in [-0.25, -0.2) is 4.39 Å². The van der Waals surface area contributed by atoms with Crippen LogP contribution in [-0.2, 0) is 4.74 Å². The predicted octanol–water partition coefficient (Wildman–Crippen LogP) is 2.62. The summed E-state index contributed by atoms with van der Waals surface area (Å²) in [5.74, 6) is 0.333. The van der Waals surface area contributed by atoms with Gasteiger partial charge in [0.2, 0.25) is 0 Å². The van der Waals surface area contributed by atoms with Crippen molar-refractivity contribution in [2.75, 3.05) is 26.3 Å². The highest BCUT2D eigenvalue weighted by molar-refractivity contribution is 5.27. The zero-order chi connectivity index (χ0) is 13.8. The van der Waals surface area contributed by atoms with Crippen molar-refractivity contribution in [1.29, 1.82) is 0 Å². The molecule has 2 rings (SSSR count). The molecule has 1 aromatic carbocycles. The van der Waals surface area contributed by atoms with Crippen LogP contribution < -0.4 is 4.74 Å². The van der Waals surface area contributed by atoms with Crippen LogP contribution in [0.5, 0.6) is 5.75 Å². The van der Waals surface area contributed by atoms with Crippen LogP contribution in [0.4, 0.5) is 4.39 Å². The molecule has 0 amide bonds. The van der Waals surface area contributed by atoms with Crippen molar-refractivity contribution in [2.45, 2.75) is 32.9 Å². The third kappa shape index (κ3) is 3.91. The molecule has 1 heterocycles. The first-order valence-electron chi connectivity index (χ1n) is 6.81. The zero-order valence-corrected chi connectivity index (χ0v) is 11.9. The molecular weight excluding hydrogens is 245 g/mol. The van der Waals surface area contributed by atoms with Crippen LogP contribution in [0.15, 0.2) is 18.2 Å². The predicted molar refractivity (Wildman–Crippen MR) is 73.1 cm³/mol. The van der Waals surface area contributed by atoms with Crippen molar-refractivity contribution in [2.24, 2.45) is 0 Å². The van der Waals surface area contributed by atoms with E-state index in [0.717, 1.165) is 19.7 Å². The molecule has 0 N–H and O–H groups in total. The number of morpholine rings is 1. The minimum atomic E-state index is -0.231. The number of hydrogen-bond donors (Lipinski definition) is 0. The Morgan fingerprint density at radius 1 is 1.47 bits per heavy atom. The smallest absolute Gasteiger partial charge is 0.129 e. The second-order valence-electron chi connectivity index (χ2n) is 5.30. The third-order valence-corrected chi connectivity index (χ3v) is 3.48. The van der Waals surface area contributed by atoms with Gasteiger partial charge in [0.15, 0.2) is 0 Å². The molecule has 0 saturated carbocycles. The van der Waals surface area contributed by atoms with E-state index in [1.807, 2.05) is 0 Å². The van der Waals surface area contributed by atoms with Gasteiger partial charge in [0, 0.05) is 25.2 Å². The van der Waals surface area contributed by atoms with Gasteiger partial charge in [0.05, 0.1) is 6.61 Å². The van der Waals surface area contributed by atoms with Crippen LogP contribution in [0.3, 0.4) is 0 Å². The van der Waals surface area contributed by atoms with Crippen molar-refractivity contribution >= 4 is 0 Å². The van der Waals surface area contributed by atoms with E-state index >= 15 is 0 Å². The Balaban J connectivity index is 1.86. The van der Waals surface area contributed by atoms with E-state index in [1.54, 1.807) is 19.1 Å². The Morgan fingerprint density at radius 3 is 2.95 bits per heavy atom. The van der Waals surface area contributed by atoms with Crippen molar-refractivity contribution in [1.82, 2.24) is 4.90 Å². The molecule has 0 aromatic heterocycles. The fourth-order valence-corrected chi connectivity index (χ4v) is 2.16. The number of rotatable bonds is 4. The fourth-order valence-electron chi connectivity index (χ4n) is 2.16. The van der Waals surface area contributed by atoms with Gasteiger partial charge in [-0.05, 0) is 32.4 Å². The minimum absolute atomic E-state index is 0.0560. The van der Waals surface area contributed by atoms with Crippen molar-refractivity contribution in [3.05, 3.63) is 29.6 Å². The molecule has 4 heteroatoms. The molecule has 0 spiro atoms. The van der Waals surface area contributed by atoms with Gasteiger partial charge >= 0.3 is 0 Å². The van der Waals surface area contributed by atoms with Gasteiger partial charge in [-0.2, -0.15) is 0 Å². The summed E-state index contributed by atoms with van der Waals surface area (Å²) in [4.78, 5) is 2.37. The van der Waals surface area contributed by atoms with Gasteiger partial charge < -0.3 is 9.47 Å². The van der Waals surface area contributed by atoms with Gasteiger partial charge in [-0.3, -0.25) is 4.90 Å². The van der Waals surface area contributed by atoms with E-state index in [9.17, 15) is 4.39 Å². The topological polar surface area (TPSA) is 21.7 Å². The maximum absolute atomic E-state index is 13.4. The first-order valence-corrected chi connectivity index (χ1v) is 6.81. The number of halogens is 1. The van der Waals surface area contributed by atoms with E-state index in [1.165, 1.54) is 6.07 Å². The van der Waals surface area contributed by atoms with E-state index in [-0.39, 0.29) is 11.9 Å². The maximum atomic E-state index is 13.4. The number of aryl methyl sites for hydroxylation is 1. The van der Waals surface area contributed by atoms with Crippen LogP contribution in [0.25, 0.3) is 0 Å². The molecular formula is C15H22FNO2. The number of ether oxygens (including phenoxy) is 2. The quantitative estimate of drug-likeness (QED) is 0.837. The highest BCUT2D eigenvalue weighted by Crippen LogP contribution is 2.17. The van der Waals surface area contributed by atoms with E-state index in [0.29, 0.717) is 24.0 Å². The van der Waals surface area contributed by atoms with Gasteiger partial charge in [-0.15, -0.1) is 0 Å². The molecule has 1 saturated heterocycles. The summed E-state index contributed by atoms with van der Waals surface area (Å²) in [7, 11) is 0. The second kappa shape index (κ2) is 6.35. The lowest BCUT2D eigenvalue weighted by Crippen LogP contribution is -2.47. The molecule has 106 valence electrons. The van der Waals surface area contributed by atoms with Crippen LogP contribution in [0.2, 0.25) is 0 Å². The van der Waals surface area contributed by atoms with Crippen molar-refractivity contribution in [3.63, 3.8) is 0 Å². The van der Waals surface area contributed by atoms with Crippen molar-refractivity contribution in [3.8, 4) is 5.75 Å². The summed E-state index contributed by atoms with van der Waals surface area (Å²) >= 11 is 0. The van der Waals surface area contributed by atoms with Gasteiger partial charge in [0.25, 0.3) is 0 Å².